The second kappa shape index (κ2) is 7.67. The molecule has 0 aromatic heterocycles. The average molecular weight is 259 g/mol. The second-order valence-electron chi connectivity index (χ2n) is 3.51. The Morgan fingerprint density at radius 3 is 2.58 bits per heavy atom. The van der Waals surface area contributed by atoms with Crippen LogP contribution in [0.4, 0.5) is 0 Å². The van der Waals surface area contributed by atoms with Gasteiger partial charge in [-0.1, -0.05) is 12.1 Å². The summed E-state index contributed by atoms with van der Waals surface area (Å²) in [6.45, 7) is 1.97. The molecular weight excluding hydrogens is 246 g/mol. The van der Waals surface area contributed by atoms with Gasteiger partial charge in [0.2, 0.25) is 0 Å². The van der Waals surface area contributed by atoms with Gasteiger partial charge < -0.3 is 9.47 Å². The molecular formula is C14H13NO4. The van der Waals surface area contributed by atoms with Crippen LogP contribution < -0.4 is 0 Å². The average Bonchev–Trinajstić information content (AvgIpc) is 2.43. The summed E-state index contributed by atoms with van der Waals surface area (Å²) in [5.41, 5.74) is 1.20. The molecule has 98 valence electrons. The Labute approximate surface area is 111 Å². The van der Waals surface area contributed by atoms with E-state index in [1.54, 1.807) is 31.2 Å². The smallest absolute Gasteiger partial charge is 0.331 e. The van der Waals surface area contributed by atoms with Crippen molar-refractivity contribution >= 4 is 11.9 Å². The van der Waals surface area contributed by atoms with Gasteiger partial charge in [-0.25, -0.2) is 9.59 Å². The molecule has 0 aliphatic heterocycles. The van der Waals surface area contributed by atoms with Crippen LogP contribution in [0, 0.1) is 11.3 Å². The third kappa shape index (κ3) is 5.50. The summed E-state index contributed by atoms with van der Waals surface area (Å²) in [7, 11) is 0. The molecule has 0 bridgehead atoms. The minimum Gasteiger partial charge on any atom is -0.463 e. The van der Waals surface area contributed by atoms with E-state index < -0.39 is 11.9 Å². The minimum atomic E-state index is -0.643. The molecule has 5 heteroatoms. The van der Waals surface area contributed by atoms with E-state index in [-0.39, 0.29) is 13.2 Å². The number of rotatable bonds is 5. The first-order chi connectivity index (χ1) is 9.15. The van der Waals surface area contributed by atoms with Crippen molar-refractivity contribution in [2.24, 2.45) is 0 Å². The lowest BCUT2D eigenvalue weighted by molar-refractivity contribution is -0.141. The van der Waals surface area contributed by atoms with Crippen molar-refractivity contribution in [1.29, 1.82) is 5.26 Å². The SMILES string of the molecule is CCOC(=O)/C=C/C(=O)OCc1cccc(C#N)c1. The van der Waals surface area contributed by atoms with Gasteiger partial charge in [0.15, 0.2) is 0 Å². The summed E-state index contributed by atoms with van der Waals surface area (Å²) in [6, 6.07) is 8.72. The fourth-order valence-corrected chi connectivity index (χ4v) is 1.26. The summed E-state index contributed by atoms with van der Waals surface area (Å²) in [4.78, 5) is 22.3. The fourth-order valence-electron chi connectivity index (χ4n) is 1.26. The Morgan fingerprint density at radius 2 is 1.95 bits per heavy atom. The maximum absolute atomic E-state index is 11.3. The molecule has 0 saturated heterocycles. The summed E-state index contributed by atoms with van der Waals surface area (Å²) in [5, 5.41) is 8.71. The highest BCUT2D eigenvalue weighted by Crippen LogP contribution is 2.05. The van der Waals surface area contributed by atoms with Crippen LogP contribution in [0.25, 0.3) is 0 Å². The zero-order chi connectivity index (χ0) is 14.1. The van der Waals surface area contributed by atoms with Crippen LogP contribution in [0.2, 0.25) is 0 Å². The topological polar surface area (TPSA) is 76.4 Å². The van der Waals surface area contributed by atoms with Gasteiger partial charge in [0.05, 0.1) is 18.2 Å². The number of carbonyl (C=O) groups is 2. The number of ether oxygens (including phenoxy) is 2. The molecule has 0 atom stereocenters. The third-order valence-corrected chi connectivity index (χ3v) is 2.08. The van der Waals surface area contributed by atoms with Crippen molar-refractivity contribution < 1.29 is 19.1 Å². The van der Waals surface area contributed by atoms with E-state index in [1.807, 2.05) is 6.07 Å². The molecule has 0 aliphatic rings. The number of hydrogen-bond acceptors (Lipinski definition) is 5. The molecule has 0 fully saturated rings. The van der Waals surface area contributed by atoms with Crippen molar-refractivity contribution in [2.45, 2.75) is 13.5 Å². The highest BCUT2D eigenvalue weighted by atomic mass is 16.5. The molecule has 0 aliphatic carbocycles. The summed E-state index contributed by atoms with van der Waals surface area (Å²) in [5.74, 6) is -1.23. The van der Waals surface area contributed by atoms with Crippen molar-refractivity contribution in [3.8, 4) is 6.07 Å². The number of nitriles is 1. The molecule has 0 saturated carbocycles. The monoisotopic (exact) mass is 259 g/mol. The largest absolute Gasteiger partial charge is 0.463 e. The molecule has 1 aromatic carbocycles. The molecule has 19 heavy (non-hydrogen) atoms. The van der Waals surface area contributed by atoms with Gasteiger partial charge in [0, 0.05) is 12.2 Å². The maximum atomic E-state index is 11.3. The molecule has 0 N–H and O–H groups in total. The Morgan fingerprint density at radius 1 is 1.26 bits per heavy atom. The minimum absolute atomic E-state index is 0.0432. The third-order valence-electron chi connectivity index (χ3n) is 2.08. The maximum Gasteiger partial charge on any atom is 0.331 e. The summed E-state index contributed by atoms with van der Waals surface area (Å²) < 4.78 is 9.53. The first kappa shape index (κ1) is 14.5. The Hall–Kier alpha value is -2.61. The number of benzene rings is 1. The number of hydrogen-bond donors (Lipinski definition) is 0. The van der Waals surface area contributed by atoms with Gasteiger partial charge in [-0.2, -0.15) is 5.26 Å². The van der Waals surface area contributed by atoms with Crippen molar-refractivity contribution in [1.82, 2.24) is 0 Å². The Balaban J connectivity index is 2.46. The van der Waals surface area contributed by atoms with E-state index in [9.17, 15) is 9.59 Å². The van der Waals surface area contributed by atoms with Crippen molar-refractivity contribution in [3.05, 3.63) is 47.5 Å². The van der Waals surface area contributed by atoms with Gasteiger partial charge in [-0.3, -0.25) is 0 Å². The lowest BCUT2D eigenvalue weighted by Crippen LogP contribution is -2.04. The molecule has 0 spiro atoms. The van der Waals surface area contributed by atoms with Gasteiger partial charge in [0.25, 0.3) is 0 Å². The van der Waals surface area contributed by atoms with Crippen LogP contribution in [0.1, 0.15) is 18.1 Å². The molecule has 0 heterocycles. The predicted octanol–water partition coefficient (Wildman–Crippen LogP) is 1.72. The highest BCUT2D eigenvalue weighted by molar-refractivity contribution is 5.91. The van der Waals surface area contributed by atoms with Crippen LogP contribution in [0.5, 0.6) is 0 Å². The zero-order valence-electron chi connectivity index (χ0n) is 10.5. The van der Waals surface area contributed by atoms with E-state index in [1.165, 1.54) is 0 Å². The number of nitrogens with zero attached hydrogens (tertiary/aromatic N) is 1. The van der Waals surface area contributed by atoms with Gasteiger partial charge in [0.1, 0.15) is 6.61 Å². The molecule has 0 amide bonds. The van der Waals surface area contributed by atoms with Crippen LogP contribution in [0.3, 0.4) is 0 Å². The molecule has 0 radical (unpaired) electrons. The quantitative estimate of drug-likeness (QED) is 0.594. The lowest BCUT2D eigenvalue weighted by Gasteiger charge is -2.02. The molecule has 1 rings (SSSR count). The fraction of sp³-hybridized carbons (Fsp3) is 0.214. The van der Waals surface area contributed by atoms with E-state index in [2.05, 4.69) is 4.74 Å². The number of esters is 2. The highest BCUT2D eigenvalue weighted by Gasteiger charge is 2.01. The van der Waals surface area contributed by atoms with Crippen LogP contribution >= 0.6 is 0 Å². The van der Waals surface area contributed by atoms with E-state index >= 15 is 0 Å². The lowest BCUT2D eigenvalue weighted by atomic mass is 10.1. The first-order valence-corrected chi connectivity index (χ1v) is 5.66. The summed E-state index contributed by atoms with van der Waals surface area (Å²) in [6.07, 6.45) is 2.02. The zero-order valence-corrected chi connectivity index (χ0v) is 10.5. The standard InChI is InChI=1S/C14H13NO4/c1-2-18-13(16)6-7-14(17)19-10-12-5-3-4-11(8-12)9-15/h3-8H,2,10H2,1H3/b7-6+. The second-order valence-corrected chi connectivity index (χ2v) is 3.51. The number of carbonyl (C=O) groups excluding carboxylic acids is 2. The van der Waals surface area contributed by atoms with E-state index in [0.717, 1.165) is 12.2 Å². The summed E-state index contributed by atoms with van der Waals surface area (Å²) >= 11 is 0. The van der Waals surface area contributed by atoms with Gasteiger partial charge in [-0.15, -0.1) is 0 Å². The molecule has 1 aromatic rings. The first-order valence-electron chi connectivity index (χ1n) is 5.66. The molecule has 5 nitrogen and oxygen atoms in total. The van der Waals surface area contributed by atoms with Crippen molar-refractivity contribution in [3.63, 3.8) is 0 Å². The molecule has 0 unspecified atom stereocenters. The predicted molar refractivity (Wildman–Crippen MR) is 66.7 cm³/mol. The van der Waals surface area contributed by atoms with Gasteiger partial charge >= 0.3 is 11.9 Å². The van der Waals surface area contributed by atoms with Crippen LogP contribution in [-0.2, 0) is 25.7 Å². The Kier molecular flexibility index (Phi) is 5.83. The van der Waals surface area contributed by atoms with Crippen LogP contribution in [-0.4, -0.2) is 18.5 Å². The van der Waals surface area contributed by atoms with Crippen molar-refractivity contribution in [2.75, 3.05) is 6.61 Å². The van der Waals surface area contributed by atoms with Gasteiger partial charge in [-0.05, 0) is 24.6 Å². The van der Waals surface area contributed by atoms with Crippen LogP contribution in [0.15, 0.2) is 36.4 Å². The normalized spacial score (nSPS) is 9.89. The van der Waals surface area contributed by atoms with E-state index in [0.29, 0.717) is 11.1 Å². The Bertz CT molecular complexity index is 528. The van der Waals surface area contributed by atoms with E-state index in [4.69, 9.17) is 10.00 Å².